The molecule has 19 heavy (non-hydrogen) atoms. The highest BCUT2D eigenvalue weighted by Crippen LogP contribution is 2.30. The first-order valence-corrected chi connectivity index (χ1v) is 6.84. The van der Waals surface area contributed by atoms with Crippen LogP contribution in [0.5, 0.6) is 5.75 Å². The number of rotatable bonds is 4. The maximum Gasteiger partial charge on any atom is 0.159 e. The Balaban J connectivity index is 2.16. The maximum absolute atomic E-state index is 13.1. The van der Waals surface area contributed by atoms with Crippen LogP contribution < -0.4 is 4.74 Å². The van der Waals surface area contributed by atoms with Gasteiger partial charge in [0.1, 0.15) is 12.4 Å². The predicted molar refractivity (Wildman–Crippen MR) is 74.4 cm³/mol. The number of halogens is 4. The lowest BCUT2D eigenvalue weighted by Gasteiger charge is -2.12. The first-order valence-electron chi connectivity index (χ1n) is 5.52. The monoisotopic (exact) mass is 346 g/mol. The summed E-state index contributed by atoms with van der Waals surface area (Å²) in [5.74, 6) is -0.828. The van der Waals surface area contributed by atoms with Crippen molar-refractivity contribution < 1.29 is 13.5 Å². The van der Waals surface area contributed by atoms with Gasteiger partial charge in [0.15, 0.2) is 11.6 Å². The number of ether oxygens (including phenoxy) is 1. The molecule has 0 N–H and O–H groups in total. The molecule has 0 aromatic heterocycles. The van der Waals surface area contributed by atoms with Gasteiger partial charge in [0.2, 0.25) is 0 Å². The highest BCUT2D eigenvalue weighted by atomic mass is 79.9. The first-order chi connectivity index (χ1) is 9.11. The third-order valence-electron chi connectivity index (χ3n) is 2.56. The summed E-state index contributed by atoms with van der Waals surface area (Å²) in [4.78, 5) is 0. The van der Waals surface area contributed by atoms with Gasteiger partial charge < -0.3 is 4.74 Å². The first kappa shape index (κ1) is 14.3. The second-order valence-electron chi connectivity index (χ2n) is 3.90. The largest absolute Gasteiger partial charge is 0.487 e. The second-order valence-corrected chi connectivity index (χ2v) is 5.02. The summed E-state index contributed by atoms with van der Waals surface area (Å²) in [7, 11) is 0. The topological polar surface area (TPSA) is 9.23 Å². The van der Waals surface area contributed by atoms with Crippen LogP contribution in [0.1, 0.15) is 11.1 Å². The summed E-state index contributed by atoms with van der Waals surface area (Å²) in [5.41, 5.74) is 1.38. The van der Waals surface area contributed by atoms with Gasteiger partial charge in [-0.15, -0.1) is 11.6 Å². The molecule has 0 amide bonds. The van der Waals surface area contributed by atoms with Crippen LogP contribution in [0, 0.1) is 11.6 Å². The molecule has 0 heterocycles. The van der Waals surface area contributed by atoms with Crippen molar-refractivity contribution in [2.24, 2.45) is 0 Å². The molecule has 2 rings (SSSR count). The van der Waals surface area contributed by atoms with E-state index in [9.17, 15) is 8.78 Å². The molecule has 5 heteroatoms. The third-order valence-corrected chi connectivity index (χ3v) is 3.47. The van der Waals surface area contributed by atoms with Crippen molar-refractivity contribution >= 4 is 27.5 Å². The molecule has 0 fully saturated rings. The average molecular weight is 348 g/mol. The van der Waals surface area contributed by atoms with Crippen LogP contribution in [0.25, 0.3) is 0 Å². The molecule has 0 unspecified atom stereocenters. The van der Waals surface area contributed by atoms with Crippen molar-refractivity contribution in [2.75, 3.05) is 0 Å². The number of hydrogen-bond donors (Lipinski definition) is 0. The Morgan fingerprint density at radius 2 is 1.89 bits per heavy atom. The Hall–Kier alpha value is -1.13. The molecular formula is C14H10BrClF2O. The van der Waals surface area contributed by atoms with Crippen molar-refractivity contribution in [3.63, 3.8) is 0 Å². The van der Waals surface area contributed by atoms with Crippen molar-refractivity contribution in [1.29, 1.82) is 0 Å². The number of alkyl halides is 1. The van der Waals surface area contributed by atoms with E-state index in [1.165, 1.54) is 6.07 Å². The van der Waals surface area contributed by atoms with Gasteiger partial charge >= 0.3 is 0 Å². The minimum absolute atomic E-state index is 0.143. The van der Waals surface area contributed by atoms with Crippen molar-refractivity contribution in [2.45, 2.75) is 12.5 Å². The minimum atomic E-state index is -0.884. The number of benzene rings is 2. The quantitative estimate of drug-likeness (QED) is 0.704. The van der Waals surface area contributed by atoms with E-state index in [-0.39, 0.29) is 6.61 Å². The molecule has 2 aromatic carbocycles. The molecule has 0 saturated heterocycles. The highest BCUT2D eigenvalue weighted by molar-refractivity contribution is 9.10. The summed E-state index contributed by atoms with van der Waals surface area (Å²) < 4.78 is 32.3. The van der Waals surface area contributed by atoms with Crippen LogP contribution in [-0.2, 0) is 12.5 Å². The fourth-order valence-corrected chi connectivity index (χ4v) is 2.34. The fraction of sp³-hybridized carbons (Fsp3) is 0.143. The van der Waals surface area contributed by atoms with Crippen LogP contribution >= 0.6 is 27.5 Å². The molecule has 0 aliphatic rings. The molecule has 0 saturated carbocycles. The zero-order chi connectivity index (χ0) is 13.8. The minimum Gasteiger partial charge on any atom is -0.487 e. The molecule has 100 valence electrons. The van der Waals surface area contributed by atoms with E-state index in [0.717, 1.165) is 22.2 Å². The lowest BCUT2D eigenvalue weighted by Crippen LogP contribution is -2.00. The van der Waals surface area contributed by atoms with Gasteiger partial charge in [0.05, 0.1) is 10.4 Å². The molecule has 0 bridgehead atoms. The molecule has 0 radical (unpaired) electrons. The Kier molecular flexibility index (Phi) is 4.77. The Bertz CT molecular complexity index is 590. The fourth-order valence-electron chi connectivity index (χ4n) is 1.61. The van der Waals surface area contributed by atoms with E-state index in [1.807, 2.05) is 18.2 Å². The summed E-state index contributed by atoms with van der Waals surface area (Å²) in [5, 5.41) is 0. The summed E-state index contributed by atoms with van der Waals surface area (Å²) in [6.45, 7) is 0.143. The summed E-state index contributed by atoms with van der Waals surface area (Å²) in [6, 6.07) is 9.21. The van der Waals surface area contributed by atoms with Crippen LogP contribution in [0.3, 0.4) is 0 Å². The molecule has 2 aromatic rings. The summed E-state index contributed by atoms with van der Waals surface area (Å²) >= 11 is 9.19. The van der Waals surface area contributed by atoms with E-state index < -0.39 is 11.6 Å². The van der Waals surface area contributed by atoms with Gasteiger partial charge in [-0.25, -0.2) is 8.78 Å². The number of para-hydroxylation sites is 1. The zero-order valence-electron chi connectivity index (χ0n) is 9.80. The van der Waals surface area contributed by atoms with E-state index in [1.54, 1.807) is 0 Å². The molecule has 0 aliphatic carbocycles. The zero-order valence-corrected chi connectivity index (χ0v) is 12.1. The van der Waals surface area contributed by atoms with Gasteiger partial charge in [0.25, 0.3) is 0 Å². The Morgan fingerprint density at radius 1 is 1.11 bits per heavy atom. The van der Waals surface area contributed by atoms with Crippen molar-refractivity contribution in [3.05, 3.63) is 63.6 Å². The number of hydrogen-bond acceptors (Lipinski definition) is 1. The van der Waals surface area contributed by atoms with E-state index in [0.29, 0.717) is 17.2 Å². The van der Waals surface area contributed by atoms with Crippen LogP contribution in [0.4, 0.5) is 8.78 Å². The van der Waals surface area contributed by atoms with Gasteiger partial charge in [-0.3, -0.25) is 0 Å². The van der Waals surface area contributed by atoms with Crippen LogP contribution in [0.2, 0.25) is 0 Å². The van der Waals surface area contributed by atoms with E-state index in [2.05, 4.69) is 15.9 Å². The normalized spacial score (nSPS) is 10.5. The van der Waals surface area contributed by atoms with Crippen molar-refractivity contribution in [3.8, 4) is 5.75 Å². The maximum atomic E-state index is 13.1. The average Bonchev–Trinajstić information content (AvgIpc) is 2.41. The molecule has 0 atom stereocenters. The van der Waals surface area contributed by atoms with Gasteiger partial charge in [-0.2, -0.15) is 0 Å². The van der Waals surface area contributed by atoms with Crippen LogP contribution in [0.15, 0.2) is 40.9 Å². The van der Waals surface area contributed by atoms with Gasteiger partial charge in [-0.05, 0) is 39.7 Å². The molecule has 1 nitrogen and oxygen atoms in total. The molecule has 0 spiro atoms. The smallest absolute Gasteiger partial charge is 0.159 e. The summed E-state index contributed by atoms with van der Waals surface area (Å²) in [6.07, 6.45) is 0. The molecule has 0 aliphatic heterocycles. The van der Waals surface area contributed by atoms with Gasteiger partial charge in [-0.1, -0.05) is 18.2 Å². The third kappa shape index (κ3) is 3.45. The highest BCUT2D eigenvalue weighted by Gasteiger charge is 2.08. The standard InChI is InChI=1S/C14H10BrClF2O/c15-11-3-1-2-10(7-16)14(11)19-8-9-4-5-12(17)13(18)6-9/h1-6H,7-8H2. The Morgan fingerprint density at radius 3 is 2.58 bits per heavy atom. The van der Waals surface area contributed by atoms with E-state index in [4.69, 9.17) is 16.3 Å². The molecular weight excluding hydrogens is 338 g/mol. The van der Waals surface area contributed by atoms with E-state index >= 15 is 0 Å². The van der Waals surface area contributed by atoms with Crippen molar-refractivity contribution in [1.82, 2.24) is 0 Å². The predicted octanol–water partition coefficient (Wildman–Crippen LogP) is 5.05. The lowest BCUT2D eigenvalue weighted by molar-refractivity contribution is 0.300. The lowest BCUT2D eigenvalue weighted by atomic mass is 10.2. The van der Waals surface area contributed by atoms with Crippen LogP contribution in [-0.4, -0.2) is 0 Å². The Labute approximate surface area is 123 Å². The SMILES string of the molecule is Fc1ccc(COc2c(Br)cccc2CCl)cc1F. The second kappa shape index (κ2) is 6.35. The van der Waals surface area contributed by atoms with Gasteiger partial charge in [0, 0.05) is 5.56 Å².